The van der Waals surface area contributed by atoms with Crippen LogP contribution in [-0.4, -0.2) is 0 Å². The lowest BCUT2D eigenvalue weighted by Gasteiger charge is -2.36. The maximum absolute atomic E-state index is 2.63. The fourth-order valence-corrected chi connectivity index (χ4v) is 5.34. The van der Waals surface area contributed by atoms with Gasteiger partial charge in [0.1, 0.15) is 0 Å². The summed E-state index contributed by atoms with van der Waals surface area (Å²) >= 11 is 0. The van der Waals surface area contributed by atoms with Crippen LogP contribution in [0.4, 0.5) is 0 Å². The maximum Gasteiger partial charge on any atom is -0.0138 e. The Kier molecular flexibility index (Phi) is 1.79. The van der Waals surface area contributed by atoms with Crippen LogP contribution >= 0.6 is 0 Å². The molecule has 3 rings (SSSR count). The highest BCUT2D eigenvalue weighted by Crippen LogP contribution is 2.70. The first-order valence-corrected chi connectivity index (χ1v) is 6.64. The Morgan fingerprint density at radius 3 is 2.73 bits per heavy atom. The molecule has 0 heteroatoms. The van der Waals surface area contributed by atoms with E-state index < -0.39 is 0 Å². The Balaban J connectivity index is 2.05. The predicted molar refractivity (Wildman–Crippen MR) is 64.6 cm³/mol. The molecule has 2 saturated carbocycles. The van der Waals surface area contributed by atoms with E-state index in [0.717, 1.165) is 17.8 Å². The van der Waals surface area contributed by atoms with E-state index in [4.69, 9.17) is 0 Å². The summed E-state index contributed by atoms with van der Waals surface area (Å²) in [6, 6.07) is 0. The van der Waals surface area contributed by atoms with E-state index in [-0.39, 0.29) is 0 Å². The van der Waals surface area contributed by atoms with Crippen LogP contribution in [0.2, 0.25) is 0 Å². The molecule has 0 N–H and O–H groups in total. The summed E-state index contributed by atoms with van der Waals surface area (Å²) in [5.74, 6) is 2.82. The quantitative estimate of drug-likeness (QED) is 0.513. The molecule has 3 aliphatic carbocycles. The lowest BCUT2D eigenvalue weighted by Crippen LogP contribution is -2.31. The molecule has 0 aliphatic heterocycles. The third-order valence-corrected chi connectivity index (χ3v) is 5.72. The minimum Gasteiger partial charge on any atom is -0.0816 e. The van der Waals surface area contributed by atoms with Gasteiger partial charge in [-0.15, -0.1) is 0 Å². The number of rotatable bonds is 0. The number of hydrogen-bond donors (Lipinski definition) is 0. The molecule has 0 nitrogen and oxygen atoms in total. The van der Waals surface area contributed by atoms with Gasteiger partial charge in [0.05, 0.1) is 0 Å². The van der Waals surface area contributed by atoms with Crippen molar-refractivity contribution in [2.24, 2.45) is 28.6 Å². The first kappa shape index (κ1) is 9.93. The van der Waals surface area contributed by atoms with Crippen molar-refractivity contribution in [2.45, 2.75) is 53.4 Å². The molecule has 0 heterocycles. The van der Waals surface area contributed by atoms with Crippen molar-refractivity contribution < 1.29 is 0 Å². The average Bonchev–Trinajstić information content (AvgIpc) is 2.61. The smallest absolute Gasteiger partial charge is 0.0138 e. The van der Waals surface area contributed by atoms with E-state index in [1.165, 1.54) is 25.7 Å². The third-order valence-electron chi connectivity index (χ3n) is 5.72. The fraction of sp³-hybridized carbons (Fsp3) is 0.867. The van der Waals surface area contributed by atoms with Gasteiger partial charge in [-0.1, -0.05) is 32.4 Å². The lowest BCUT2D eigenvalue weighted by atomic mass is 9.67. The molecule has 0 aromatic heterocycles. The van der Waals surface area contributed by atoms with E-state index in [9.17, 15) is 0 Å². The zero-order valence-corrected chi connectivity index (χ0v) is 10.6. The van der Waals surface area contributed by atoms with Crippen molar-refractivity contribution in [3.63, 3.8) is 0 Å². The van der Waals surface area contributed by atoms with E-state index in [0.29, 0.717) is 10.8 Å². The van der Waals surface area contributed by atoms with Gasteiger partial charge in [-0.2, -0.15) is 0 Å². The third kappa shape index (κ3) is 1.09. The molecule has 2 fully saturated rings. The van der Waals surface area contributed by atoms with Crippen molar-refractivity contribution in [1.29, 1.82) is 0 Å². The molecule has 4 atom stereocenters. The molecule has 15 heavy (non-hydrogen) atoms. The van der Waals surface area contributed by atoms with Crippen LogP contribution < -0.4 is 0 Å². The van der Waals surface area contributed by atoms with Crippen LogP contribution in [0.5, 0.6) is 0 Å². The normalized spacial score (nSPS) is 51.5. The topological polar surface area (TPSA) is 0 Å². The van der Waals surface area contributed by atoms with E-state index in [1.807, 2.05) is 0 Å². The van der Waals surface area contributed by atoms with Gasteiger partial charge in [0.2, 0.25) is 0 Å². The molecule has 0 unspecified atom stereocenters. The predicted octanol–water partition coefficient (Wildman–Crippen LogP) is 4.42. The average molecular weight is 204 g/mol. The van der Waals surface area contributed by atoms with Gasteiger partial charge in [-0.25, -0.2) is 0 Å². The molecule has 0 aromatic rings. The highest BCUT2D eigenvalue weighted by Gasteiger charge is 2.61. The first-order chi connectivity index (χ1) is 6.96. The van der Waals surface area contributed by atoms with E-state index >= 15 is 0 Å². The zero-order valence-electron chi connectivity index (χ0n) is 10.6. The molecular formula is C15H24. The molecule has 0 radical (unpaired) electrons. The zero-order chi connectivity index (χ0) is 10.8. The molecule has 0 saturated heterocycles. The van der Waals surface area contributed by atoms with Crippen LogP contribution in [0.1, 0.15) is 53.4 Å². The molecule has 0 bridgehead atoms. The van der Waals surface area contributed by atoms with Crippen LogP contribution in [0.3, 0.4) is 0 Å². The Hall–Kier alpha value is -0.260. The summed E-state index contributed by atoms with van der Waals surface area (Å²) in [5.41, 5.74) is 3.01. The highest BCUT2D eigenvalue weighted by atomic mass is 14.7. The Morgan fingerprint density at radius 1 is 1.27 bits per heavy atom. The van der Waals surface area contributed by atoms with Gasteiger partial charge in [-0.3, -0.25) is 0 Å². The van der Waals surface area contributed by atoms with Gasteiger partial charge in [0.25, 0.3) is 0 Å². The fourth-order valence-electron chi connectivity index (χ4n) is 5.34. The van der Waals surface area contributed by atoms with Crippen molar-refractivity contribution in [2.75, 3.05) is 0 Å². The van der Waals surface area contributed by atoms with Crippen LogP contribution in [0, 0.1) is 28.6 Å². The number of allylic oxidation sites excluding steroid dienone is 2. The van der Waals surface area contributed by atoms with E-state index in [2.05, 4.69) is 33.8 Å². The summed E-state index contributed by atoms with van der Waals surface area (Å²) in [7, 11) is 0. The van der Waals surface area contributed by atoms with Gasteiger partial charge in [-0.05, 0) is 61.2 Å². The highest BCUT2D eigenvalue weighted by molar-refractivity contribution is 5.28. The minimum absolute atomic E-state index is 0.596. The largest absolute Gasteiger partial charge is 0.0816 e. The summed E-state index contributed by atoms with van der Waals surface area (Å²) < 4.78 is 0. The van der Waals surface area contributed by atoms with Gasteiger partial charge < -0.3 is 0 Å². The maximum atomic E-state index is 2.63. The molecule has 0 amide bonds. The number of hydrogen-bond acceptors (Lipinski definition) is 0. The van der Waals surface area contributed by atoms with Crippen molar-refractivity contribution >= 4 is 0 Å². The Morgan fingerprint density at radius 2 is 2.00 bits per heavy atom. The second-order valence-corrected chi connectivity index (χ2v) is 7.21. The SMILES string of the molecule is CC1=C[C@H]2CC(C)(C)C[C@]23[C@H](C)CC[C@H]13. The van der Waals surface area contributed by atoms with Gasteiger partial charge in [0.15, 0.2) is 0 Å². The van der Waals surface area contributed by atoms with Crippen molar-refractivity contribution in [3.8, 4) is 0 Å². The molecule has 1 spiro atoms. The lowest BCUT2D eigenvalue weighted by molar-refractivity contribution is 0.135. The monoisotopic (exact) mass is 204 g/mol. The Labute approximate surface area is 94.1 Å². The second-order valence-electron chi connectivity index (χ2n) is 7.21. The van der Waals surface area contributed by atoms with Crippen LogP contribution in [0.15, 0.2) is 11.6 Å². The molecular weight excluding hydrogens is 180 g/mol. The van der Waals surface area contributed by atoms with Crippen molar-refractivity contribution in [3.05, 3.63) is 11.6 Å². The van der Waals surface area contributed by atoms with Crippen LogP contribution in [-0.2, 0) is 0 Å². The molecule has 0 aromatic carbocycles. The van der Waals surface area contributed by atoms with Gasteiger partial charge in [0, 0.05) is 0 Å². The van der Waals surface area contributed by atoms with Crippen LogP contribution in [0.25, 0.3) is 0 Å². The van der Waals surface area contributed by atoms with E-state index in [1.54, 1.807) is 5.57 Å². The summed E-state index contributed by atoms with van der Waals surface area (Å²) in [4.78, 5) is 0. The van der Waals surface area contributed by atoms with Gasteiger partial charge >= 0.3 is 0 Å². The first-order valence-electron chi connectivity index (χ1n) is 6.64. The summed E-state index contributed by atoms with van der Waals surface area (Å²) in [6.45, 7) is 9.85. The molecule has 3 aliphatic rings. The van der Waals surface area contributed by atoms with Crippen molar-refractivity contribution in [1.82, 2.24) is 0 Å². The Bertz CT molecular complexity index is 323. The summed E-state index contributed by atoms with van der Waals surface area (Å²) in [5, 5.41) is 0. The standard InChI is InChI=1S/C15H24/c1-10-7-12-8-14(3,4)9-15(12)11(2)5-6-13(10)15/h7,11-13H,5-6,8-9H2,1-4H3/t11-,12+,13-,15+/m1/s1. The summed E-state index contributed by atoms with van der Waals surface area (Å²) in [6.07, 6.45) is 8.49. The minimum atomic E-state index is 0.596. The second kappa shape index (κ2) is 2.70. The molecule has 84 valence electrons.